The number of benzene rings is 2. The lowest BCUT2D eigenvalue weighted by Gasteiger charge is -2.16. The maximum absolute atomic E-state index is 14.4. The molecule has 0 radical (unpaired) electrons. The number of rotatable bonds is 8. The van der Waals surface area contributed by atoms with Crippen LogP contribution in [0, 0.1) is 5.82 Å². The quantitative estimate of drug-likeness (QED) is 0.434. The molecule has 1 unspecified atom stereocenters. The van der Waals surface area contributed by atoms with Crippen molar-refractivity contribution < 1.29 is 17.6 Å². The Morgan fingerprint density at radius 1 is 1.12 bits per heavy atom. The lowest BCUT2D eigenvalue weighted by Crippen LogP contribution is -2.21. The summed E-state index contributed by atoms with van der Waals surface area (Å²) in [6, 6.07) is 12.7. The van der Waals surface area contributed by atoms with Gasteiger partial charge in [-0.2, -0.15) is 18.3 Å². The van der Waals surface area contributed by atoms with E-state index in [-0.39, 0.29) is 18.3 Å². The van der Waals surface area contributed by atoms with Crippen molar-refractivity contribution in [1.82, 2.24) is 20.0 Å². The van der Waals surface area contributed by atoms with Crippen molar-refractivity contribution in [2.45, 2.75) is 32.1 Å². The highest BCUT2D eigenvalue weighted by atomic mass is 35.5. The average molecular weight is 469 g/mol. The Hall–Kier alpha value is -2.42. The predicted molar refractivity (Wildman–Crippen MR) is 117 cm³/mol. The largest absolute Gasteiger partial charge is 0.435 e. The number of nitrogens with zero attached hydrogens (tertiary/aromatic N) is 3. The number of hydrogen-bond donors (Lipinski definition) is 1. The first-order valence-corrected chi connectivity index (χ1v) is 10.5. The molecule has 0 fully saturated rings. The second-order valence-electron chi connectivity index (χ2n) is 8.03. The monoisotopic (exact) mass is 468 g/mol. The molecule has 0 saturated heterocycles. The first kappa shape index (κ1) is 24.2. The predicted octanol–water partition coefficient (Wildman–Crippen LogP) is 5.64. The van der Waals surface area contributed by atoms with Crippen LogP contribution in [0.4, 0.5) is 17.6 Å². The van der Waals surface area contributed by atoms with Crippen LogP contribution in [0.5, 0.6) is 0 Å². The molecule has 1 aromatic heterocycles. The van der Waals surface area contributed by atoms with Crippen LogP contribution in [0.25, 0.3) is 5.69 Å². The Kier molecular flexibility index (Phi) is 7.59. The van der Waals surface area contributed by atoms with Crippen LogP contribution in [0.2, 0.25) is 5.02 Å². The standard InChI is InChI=1S/C23H25ClF4N4/c1-15(16-7-8-17(14-31(2)3)21(25)9-16)12-29-13-20-11-22(23(26,27)28)30-32(20)19-6-4-5-18(24)10-19/h4-11,15,29H,12-14H2,1-3H3. The van der Waals surface area contributed by atoms with Crippen molar-refractivity contribution in [3.63, 3.8) is 0 Å². The minimum Gasteiger partial charge on any atom is -0.311 e. The lowest BCUT2D eigenvalue weighted by atomic mass is 9.99. The number of halogens is 5. The summed E-state index contributed by atoms with van der Waals surface area (Å²) in [5, 5.41) is 7.30. The molecule has 1 atom stereocenters. The van der Waals surface area contributed by atoms with Crippen LogP contribution in [0.3, 0.4) is 0 Å². The summed E-state index contributed by atoms with van der Waals surface area (Å²) >= 11 is 6.00. The molecule has 0 aliphatic rings. The van der Waals surface area contributed by atoms with E-state index in [2.05, 4.69) is 10.4 Å². The summed E-state index contributed by atoms with van der Waals surface area (Å²) < 4.78 is 55.3. The highest BCUT2D eigenvalue weighted by Crippen LogP contribution is 2.30. The number of aromatic nitrogens is 2. The molecule has 0 aliphatic heterocycles. The molecular formula is C23H25ClF4N4. The fourth-order valence-corrected chi connectivity index (χ4v) is 3.57. The lowest BCUT2D eigenvalue weighted by molar-refractivity contribution is -0.141. The van der Waals surface area contributed by atoms with Gasteiger partial charge in [-0.25, -0.2) is 9.07 Å². The van der Waals surface area contributed by atoms with Crippen LogP contribution in [-0.2, 0) is 19.3 Å². The average Bonchev–Trinajstić information content (AvgIpc) is 3.14. The van der Waals surface area contributed by atoms with Crippen LogP contribution in [-0.4, -0.2) is 35.3 Å². The molecule has 4 nitrogen and oxygen atoms in total. The van der Waals surface area contributed by atoms with E-state index in [1.165, 1.54) is 10.7 Å². The van der Waals surface area contributed by atoms with E-state index in [4.69, 9.17) is 11.6 Å². The van der Waals surface area contributed by atoms with Gasteiger partial charge in [-0.05, 0) is 55.9 Å². The third kappa shape index (κ3) is 6.09. The maximum atomic E-state index is 14.4. The molecule has 1 N–H and O–H groups in total. The van der Waals surface area contributed by atoms with Crippen LogP contribution in [0.1, 0.15) is 35.4 Å². The van der Waals surface area contributed by atoms with Gasteiger partial charge < -0.3 is 10.2 Å². The van der Waals surface area contributed by atoms with Crippen LogP contribution < -0.4 is 5.32 Å². The third-order valence-corrected chi connectivity index (χ3v) is 5.25. The van der Waals surface area contributed by atoms with Gasteiger partial charge in [0, 0.05) is 30.2 Å². The van der Waals surface area contributed by atoms with Gasteiger partial charge in [0.2, 0.25) is 0 Å². The Morgan fingerprint density at radius 3 is 2.50 bits per heavy atom. The highest BCUT2D eigenvalue weighted by molar-refractivity contribution is 6.30. The minimum absolute atomic E-state index is 0.0393. The number of alkyl halides is 3. The molecular weight excluding hydrogens is 444 g/mol. The third-order valence-electron chi connectivity index (χ3n) is 5.02. The molecule has 2 aromatic carbocycles. The summed E-state index contributed by atoms with van der Waals surface area (Å²) in [6.45, 7) is 3.05. The van der Waals surface area contributed by atoms with E-state index in [9.17, 15) is 17.6 Å². The Balaban J connectivity index is 1.72. The number of nitrogens with one attached hydrogen (secondary N) is 1. The van der Waals surface area contributed by atoms with Gasteiger partial charge in [-0.3, -0.25) is 0 Å². The summed E-state index contributed by atoms with van der Waals surface area (Å²) in [7, 11) is 3.75. The van der Waals surface area contributed by atoms with Gasteiger partial charge in [0.15, 0.2) is 5.69 Å². The van der Waals surface area contributed by atoms with Crippen LogP contribution in [0.15, 0.2) is 48.5 Å². The Morgan fingerprint density at radius 2 is 1.88 bits per heavy atom. The molecule has 3 rings (SSSR count). The number of hydrogen-bond acceptors (Lipinski definition) is 3. The smallest absolute Gasteiger partial charge is 0.311 e. The molecule has 1 heterocycles. The van der Waals surface area contributed by atoms with E-state index < -0.39 is 11.9 Å². The first-order valence-electron chi connectivity index (χ1n) is 10.1. The summed E-state index contributed by atoms with van der Waals surface area (Å²) in [4.78, 5) is 1.89. The normalized spacial score (nSPS) is 13.0. The SMILES string of the molecule is CC(CNCc1cc(C(F)(F)F)nn1-c1cccc(Cl)c1)c1ccc(CN(C)C)c(F)c1. The molecule has 0 amide bonds. The first-order chi connectivity index (χ1) is 15.0. The van der Waals surface area contributed by atoms with Gasteiger partial charge in [-0.1, -0.05) is 36.7 Å². The zero-order valence-electron chi connectivity index (χ0n) is 18.0. The summed E-state index contributed by atoms with van der Waals surface area (Å²) in [5.74, 6) is -0.306. The zero-order chi connectivity index (χ0) is 23.5. The van der Waals surface area contributed by atoms with Crippen molar-refractivity contribution in [2.24, 2.45) is 0 Å². The molecule has 0 aliphatic carbocycles. The Labute approximate surface area is 189 Å². The van der Waals surface area contributed by atoms with Gasteiger partial charge in [0.05, 0.1) is 11.4 Å². The van der Waals surface area contributed by atoms with Gasteiger partial charge in [0.1, 0.15) is 5.82 Å². The van der Waals surface area contributed by atoms with E-state index in [1.54, 1.807) is 30.3 Å². The molecule has 0 spiro atoms. The van der Waals surface area contributed by atoms with Crippen molar-refractivity contribution in [2.75, 3.05) is 20.6 Å². The van der Waals surface area contributed by atoms with Crippen molar-refractivity contribution in [3.05, 3.63) is 81.9 Å². The molecule has 172 valence electrons. The van der Waals surface area contributed by atoms with Gasteiger partial charge >= 0.3 is 6.18 Å². The van der Waals surface area contributed by atoms with E-state index in [0.717, 1.165) is 11.6 Å². The molecule has 0 saturated carbocycles. The maximum Gasteiger partial charge on any atom is 0.435 e. The van der Waals surface area contributed by atoms with Crippen LogP contribution >= 0.6 is 11.6 Å². The van der Waals surface area contributed by atoms with Crippen molar-refractivity contribution in [1.29, 1.82) is 0 Å². The molecule has 32 heavy (non-hydrogen) atoms. The van der Waals surface area contributed by atoms with E-state index in [0.29, 0.717) is 35.1 Å². The van der Waals surface area contributed by atoms with E-state index >= 15 is 0 Å². The molecule has 3 aromatic rings. The second kappa shape index (κ2) is 10.0. The van der Waals surface area contributed by atoms with Crippen molar-refractivity contribution in [3.8, 4) is 5.69 Å². The van der Waals surface area contributed by atoms with Crippen molar-refractivity contribution >= 4 is 11.6 Å². The van der Waals surface area contributed by atoms with Gasteiger partial charge in [-0.15, -0.1) is 0 Å². The Bertz CT molecular complexity index is 1060. The fourth-order valence-electron chi connectivity index (χ4n) is 3.39. The zero-order valence-corrected chi connectivity index (χ0v) is 18.8. The van der Waals surface area contributed by atoms with E-state index in [1.807, 2.05) is 32.0 Å². The highest BCUT2D eigenvalue weighted by Gasteiger charge is 2.35. The second-order valence-corrected chi connectivity index (χ2v) is 8.47. The summed E-state index contributed by atoms with van der Waals surface area (Å²) in [6.07, 6.45) is -4.56. The molecule has 0 bridgehead atoms. The topological polar surface area (TPSA) is 33.1 Å². The fraction of sp³-hybridized carbons (Fsp3) is 0.348. The summed E-state index contributed by atoms with van der Waals surface area (Å²) in [5.41, 5.74) is 1.25. The molecule has 9 heteroatoms. The minimum atomic E-state index is -4.56. The van der Waals surface area contributed by atoms with Gasteiger partial charge in [0.25, 0.3) is 0 Å².